The first kappa shape index (κ1) is 16.0. The van der Waals surface area contributed by atoms with E-state index in [1.807, 2.05) is 13.8 Å². The minimum atomic E-state index is -0.679. The Hall–Kier alpha value is -2.04. The Bertz CT molecular complexity index is 453. The maximum absolute atomic E-state index is 11.5. The molecule has 0 aromatic heterocycles. The third-order valence-electron chi connectivity index (χ3n) is 2.67. The molecule has 20 heavy (non-hydrogen) atoms. The van der Waals surface area contributed by atoms with Gasteiger partial charge in [0, 0.05) is 0 Å². The molecule has 0 unspecified atom stereocenters. The first-order valence-electron chi connectivity index (χ1n) is 6.65. The highest BCUT2D eigenvalue weighted by atomic mass is 16.5. The number of carbonyl (C=O) groups is 2. The molecule has 0 bridgehead atoms. The quantitative estimate of drug-likeness (QED) is 0.774. The molecule has 2 N–H and O–H groups in total. The molecule has 0 aliphatic carbocycles. The van der Waals surface area contributed by atoms with E-state index in [2.05, 4.69) is 0 Å². The van der Waals surface area contributed by atoms with Crippen LogP contribution < -0.4 is 10.5 Å². The fourth-order valence-electron chi connectivity index (χ4n) is 1.82. The topological polar surface area (TPSA) is 78.6 Å². The lowest BCUT2D eigenvalue weighted by atomic mass is 9.95. The van der Waals surface area contributed by atoms with E-state index in [-0.39, 0.29) is 19.1 Å². The lowest BCUT2D eigenvalue weighted by Crippen LogP contribution is -2.24. The number of amides is 1. The summed E-state index contributed by atoms with van der Waals surface area (Å²) in [7, 11) is 0. The number of hydrogen-bond donors (Lipinski definition) is 1. The van der Waals surface area contributed by atoms with Crippen molar-refractivity contribution in [3.05, 3.63) is 29.8 Å². The lowest BCUT2D eigenvalue weighted by Gasteiger charge is -2.14. The number of rotatable bonds is 7. The monoisotopic (exact) mass is 279 g/mol. The molecule has 0 aliphatic rings. The summed E-state index contributed by atoms with van der Waals surface area (Å²) < 4.78 is 10.4. The predicted molar refractivity (Wildman–Crippen MR) is 75.4 cm³/mol. The van der Waals surface area contributed by atoms with Crippen LogP contribution in [0.15, 0.2) is 24.3 Å². The van der Waals surface area contributed by atoms with E-state index in [1.54, 1.807) is 31.2 Å². The number of hydrogen-bond acceptors (Lipinski definition) is 4. The summed E-state index contributed by atoms with van der Waals surface area (Å²) in [4.78, 5) is 23.0. The molecule has 0 spiro atoms. The summed E-state index contributed by atoms with van der Waals surface area (Å²) in [5.74, 6) is -0.945. The van der Waals surface area contributed by atoms with Crippen LogP contribution in [0.25, 0.3) is 0 Å². The van der Waals surface area contributed by atoms with Gasteiger partial charge in [0.1, 0.15) is 5.75 Å². The third kappa shape index (κ3) is 4.91. The maximum Gasteiger partial charge on any atom is 0.306 e. The van der Waals surface area contributed by atoms with E-state index >= 15 is 0 Å². The zero-order chi connectivity index (χ0) is 15.1. The molecule has 5 heteroatoms. The van der Waals surface area contributed by atoms with Crippen molar-refractivity contribution in [3.8, 4) is 5.75 Å². The molecular weight excluding hydrogens is 258 g/mol. The zero-order valence-electron chi connectivity index (χ0n) is 12.1. The van der Waals surface area contributed by atoms with Gasteiger partial charge < -0.3 is 15.2 Å². The van der Waals surface area contributed by atoms with Crippen LogP contribution in [-0.2, 0) is 14.3 Å². The Kier molecular flexibility index (Phi) is 6.03. The van der Waals surface area contributed by atoms with Gasteiger partial charge in [-0.3, -0.25) is 9.59 Å². The first-order valence-corrected chi connectivity index (χ1v) is 6.65. The number of esters is 1. The Balaban J connectivity index is 2.81. The van der Waals surface area contributed by atoms with Gasteiger partial charge in [-0.15, -0.1) is 0 Å². The van der Waals surface area contributed by atoms with Crippen molar-refractivity contribution in [2.24, 2.45) is 5.73 Å². The van der Waals surface area contributed by atoms with Crippen LogP contribution in [0.3, 0.4) is 0 Å². The predicted octanol–water partition coefficient (Wildman–Crippen LogP) is 2.00. The van der Waals surface area contributed by atoms with Crippen LogP contribution >= 0.6 is 0 Å². The van der Waals surface area contributed by atoms with Crippen LogP contribution in [-0.4, -0.2) is 24.6 Å². The maximum atomic E-state index is 11.5. The molecule has 1 aromatic rings. The molecular formula is C15H21NO4. The third-order valence-corrected chi connectivity index (χ3v) is 2.67. The van der Waals surface area contributed by atoms with Gasteiger partial charge in [0.15, 0.2) is 0 Å². The molecule has 0 saturated carbocycles. The molecule has 1 rings (SSSR count). The second-order valence-electron chi connectivity index (χ2n) is 4.70. The van der Waals surface area contributed by atoms with Crippen LogP contribution in [0.5, 0.6) is 5.75 Å². The first-order chi connectivity index (χ1) is 9.43. The molecule has 0 fully saturated rings. The van der Waals surface area contributed by atoms with Gasteiger partial charge in [-0.05, 0) is 38.5 Å². The minimum Gasteiger partial charge on any atom is -0.491 e. The highest BCUT2D eigenvalue weighted by Gasteiger charge is 2.22. The zero-order valence-corrected chi connectivity index (χ0v) is 12.1. The highest BCUT2D eigenvalue weighted by molar-refractivity contribution is 5.87. The van der Waals surface area contributed by atoms with Gasteiger partial charge in [0.2, 0.25) is 5.91 Å². The summed E-state index contributed by atoms with van der Waals surface area (Å²) >= 11 is 0. The normalized spacial score (nSPS) is 12.0. The molecule has 0 aliphatic heterocycles. The van der Waals surface area contributed by atoms with Crippen LogP contribution in [0.2, 0.25) is 0 Å². The summed E-state index contributed by atoms with van der Waals surface area (Å²) in [5.41, 5.74) is 6.04. The molecule has 1 amide bonds. The Morgan fingerprint density at radius 3 is 2.25 bits per heavy atom. The van der Waals surface area contributed by atoms with Crippen molar-refractivity contribution in [2.75, 3.05) is 6.61 Å². The average molecular weight is 279 g/mol. The molecule has 110 valence electrons. The van der Waals surface area contributed by atoms with Gasteiger partial charge in [0.05, 0.1) is 25.0 Å². The molecule has 0 saturated heterocycles. The fraction of sp³-hybridized carbons (Fsp3) is 0.467. The van der Waals surface area contributed by atoms with Crippen LogP contribution in [0.4, 0.5) is 0 Å². The van der Waals surface area contributed by atoms with Gasteiger partial charge in [0.25, 0.3) is 0 Å². The number of primary amides is 1. The largest absolute Gasteiger partial charge is 0.491 e. The summed E-state index contributed by atoms with van der Waals surface area (Å²) in [6, 6.07) is 7.01. The van der Waals surface area contributed by atoms with Crippen LogP contribution in [0, 0.1) is 0 Å². The lowest BCUT2D eigenvalue weighted by molar-refractivity contribution is -0.144. The number of benzene rings is 1. The molecule has 0 heterocycles. The van der Waals surface area contributed by atoms with Gasteiger partial charge in [-0.1, -0.05) is 12.1 Å². The molecule has 1 atom stereocenters. The van der Waals surface area contributed by atoms with E-state index in [0.29, 0.717) is 11.3 Å². The second-order valence-corrected chi connectivity index (χ2v) is 4.70. The van der Waals surface area contributed by atoms with Crippen LogP contribution in [0.1, 0.15) is 38.7 Å². The highest BCUT2D eigenvalue weighted by Crippen LogP contribution is 2.23. The van der Waals surface area contributed by atoms with E-state index in [0.717, 1.165) is 0 Å². The Labute approximate surface area is 119 Å². The Morgan fingerprint density at radius 1 is 1.20 bits per heavy atom. The summed E-state index contributed by atoms with van der Waals surface area (Å²) in [6.45, 7) is 5.86. The second kappa shape index (κ2) is 7.53. The van der Waals surface area contributed by atoms with Crippen molar-refractivity contribution in [1.29, 1.82) is 0 Å². The van der Waals surface area contributed by atoms with E-state index < -0.39 is 17.8 Å². The van der Waals surface area contributed by atoms with Gasteiger partial charge in [-0.25, -0.2) is 0 Å². The van der Waals surface area contributed by atoms with Crippen molar-refractivity contribution < 1.29 is 19.1 Å². The summed E-state index contributed by atoms with van der Waals surface area (Å²) in [5, 5.41) is 0. The molecule has 5 nitrogen and oxygen atoms in total. The number of carbonyl (C=O) groups excluding carboxylic acids is 2. The van der Waals surface area contributed by atoms with E-state index in [1.165, 1.54) is 0 Å². The number of nitrogens with two attached hydrogens (primary N) is 1. The van der Waals surface area contributed by atoms with Crippen molar-refractivity contribution in [2.45, 2.75) is 39.2 Å². The SMILES string of the molecule is CCOC(=O)C[C@H](C(N)=O)c1ccc(OC(C)C)cc1. The minimum absolute atomic E-state index is 0.0481. The van der Waals surface area contributed by atoms with Crippen molar-refractivity contribution in [1.82, 2.24) is 0 Å². The van der Waals surface area contributed by atoms with E-state index in [9.17, 15) is 9.59 Å². The van der Waals surface area contributed by atoms with E-state index in [4.69, 9.17) is 15.2 Å². The van der Waals surface area contributed by atoms with Crippen molar-refractivity contribution in [3.63, 3.8) is 0 Å². The average Bonchev–Trinajstić information content (AvgIpc) is 2.36. The van der Waals surface area contributed by atoms with Gasteiger partial charge >= 0.3 is 5.97 Å². The molecule has 0 radical (unpaired) electrons. The molecule has 1 aromatic carbocycles. The van der Waals surface area contributed by atoms with Gasteiger partial charge in [-0.2, -0.15) is 0 Å². The smallest absolute Gasteiger partial charge is 0.306 e. The fourth-order valence-corrected chi connectivity index (χ4v) is 1.82. The Morgan fingerprint density at radius 2 is 1.80 bits per heavy atom. The number of ether oxygens (including phenoxy) is 2. The standard InChI is InChI=1S/C15H21NO4/c1-4-19-14(17)9-13(15(16)18)11-5-7-12(8-6-11)20-10(2)3/h5-8,10,13H,4,9H2,1-3H3,(H2,16,18)/t13-/m0/s1. The van der Waals surface area contributed by atoms with Crippen molar-refractivity contribution >= 4 is 11.9 Å². The summed E-state index contributed by atoms with van der Waals surface area (Å²) in [6.07, 6.45) is 0.0282.